The smallest absolute Gasteiger partial charge is 0.469 e. The van der Waals surface area contributed by atoms with Gasteiger partial charge in [-0.1, -0.05) is 26.3 Å². The number of methoxy groups -OCH3 is 1. The quantitative estimate of drug-likeness (QED) is 0.448. The fraction of sp³-hybridized carbons (Fsp3) is 0.821. The molecule has 6 nitrogen and oxygen atoms in total. The lowest BCUT2D eigenvalue weighted by molar-refractivity contribution is -0.141. The van der Waals surface area contributed by atoms with E-state index in [9.17, 15) is 14.4 Å². The Kier molecular flexibility index (Phi) is 7.17. The summed E-state index contributed by atoms with van der Waals surface area (Å²) < 4.78 is 15.4. The molecule has 0 unspecified atom stereocenters. The maximum Gasteiger partial charge on any atom is 0.508 e. The fourth-order valence-corrected chi connectivity index (χ4v) is 8.26. The normalized spacial score (nSPS) is 39.7. The minimum Gasteiger partial charge on any atom is -0.469 e. The zero-order valence-electron chi connectivity index (χ0n) is 21.6. The van der Waals surface area contributed by atoms with Crippen LogP contribution in [0.3, 0.4) is 0 Å². The zero-order chi connectivity index (χ0) is 24.7. The van der Waals surface area contributed by atoms with Crippen LogP contribution in [0.15, 0.2) is 11.6 Å². The zero-order valence-corrected chi connectivity index (χ0v) is 21.6. The maximum atomic E-state index is 13.8. The highest BCUT2D eigenvalue weighted by Gasteiger charge is 2.61. The monoisotopic (exact) mass is 474 g/mol. The van der Waals surface area contributed by atoms with Crippen LogP contribution in [0.1, 0.15) is 85.5 Å². The number of allylic oxidation sites excluding steroid dienone is 2. The first kappa shape index (κ1) is 25.2. The first-order valence-electron chi connectivity index (χ1n) is 13.3. The topological polar surface area (TPSA) is 78.9 Å². The van der Waals surface area contributed by atoms with Crippen molar-refractivity contribution in [1.29, 1.82) is 0 Å². The Hall–Kier alpha value is -1.85. The van der Waals surface area contributed by atoms with Gasteiger partial charge < -0.3 is 14.2 Å². The third-order valence-electron chi connectivity index (χ3n) is 10.2. The fourth-order valence-electron chi connectivity index (χ4n) is 8.26. The number of hydrogen-bond donors (Lipinski definition) is 0. The highest BCUT2D eigenvalue weighted by atomic mass is 16.7. The minimum absolute atomic E-state index is 0.00299. The molecule has 0 saturated heterocycles. The Labute approximate surface area is 204 Å². The highest BCUT2D eigenvalue weighted by Crippen LogP contribution is 2.65. The van der Waals surface area contributed by atoms with Gasteiger partial charge in [-0.2, -0.15) is 0 Å². The van der Waals surface area contributed by atoms with E-state index >= 15 is 0 Å². The second-order valence-corrected chi connectivity index (χ2v) is 11.6. The van der Waals surface area contributed by atoms with Crippen molar-refractivity contribution < 1.29 is 28.6 Å². The van der Waals surface area contributed by atoms with Gasteiger partial charge in [0.15, 0.2) is 5.78 Å². The first-order valence-corrected chi connectivity index (χ1v) is 13.3. The molecular formula is C28H42O6. The molecule has 0 bridgehead atoms. The molecule has 0 aromatic carbocycles. The summed E-state index contributed by atoms with van der Waals surface area (Å²) in [5, 5.41) is 0. The van der Waals surface area contributed by atoms with Gasteiger partial charge in [0.1, 0.15) is 6.10 Å². The molecule has 4 rings (SSSR count). The van der Waals surface area contributed by atoms with Crippen LogP contribution in [0.5, 0.6) is 0 Å². The van der Waals surface area contributed by atoms with Gasteiger partial charge in [-0.05, 0) is 99.4 Å². The molecule has 0 N–H and O–H groups in total. The Morgan fingerprint density at radius 3 is 2.62 bits per heavy atom. The van der Waals surface area contributed by atoms with Gasteiger partial charge in [0.2, 0.25) is 0 Å². The number of ether oxygens (including phenoxy) is 3. The van der Waals surface area contributed by atoms with E-state index in [4.69, 9.17) is 14.2 Å². The summed E-state index contributed by atoms with van der Waals surface area (Å²) in [5.41, 5.74) is 1.04. The lowest BCUT2D eigenvalue weighted by atomic mass is 9.48. The molecule has 4 aliphatic rings. The van der Waals surface area contributed by atoms with E-state index in [1.54, 1.807) is 6.92 Å². The molecule has 0 aliphatic heterocycles. The van der Waals surface area contributed by atoms with Crippen molar-refractivity contribution in [3.8, 4) is 0 Å². The summed E-state index contributed by atoms with van der Waals surface area (Å²) in [6.07, 6.45) is 9.55. The molecule has 0 radical (unpaired) electrons. The summed E-state index contributed by atoms with van der Waals surface area (Å²) in [6, 6.07) is 0. The molecule has 4 aliphatic carbocycles. The Morgan fingerprint density at radius 2 is 1.91 bits per heavy atom. The Bertz CT molecular complexity index is 848. The van der Waals surface area contributed by atoms with Gasteiger partial charge in [0.25, 0.3) is 0 Å². The van der Waals surface area contributed by atoms with Crippen molar-refractivity contribution in [2.45, 2.75) is 91.6 Å². The molecule has 6 heteroatoms. The molecule has 8 atom stereocenters. The van der Waals surface area contributed by atoms with Crippen molar-refractivity contribution in [1.82, 2.24) is 0 Å². The molecule has 3 fully saturated rings. The first-order chi connectivity index (χ1) is 16.1. The van der Waals surface area contributed by atoms with Crippen molar-refractivity contribution in [3.05, 3.63) is 11.6 Å². The van der Waals surface area contributed by atoms with E-state index in [0.717, 1.165) is 51.4 Å². The van der Waals surface area contributed by atoms with Crippen LogP contribution < -0.4 is 0 Å². The van der Waals surface area contributed by atoms with Crippen LogP contribution in [0.4, 0.5) is 4.79 Å². The van der Waals surface area contributed by atoms with Crippen LogP contribution in [0.2, 0.25) is 0 Å². The van der Waals surface area contributed by atoms with Crippen molar-refractivity contribution >= 4 is 17.9 Å². The second kappa shape index (κ2) is 9.66. The van der Waals surface area contributed by atoms with Crippen molar-refractivity contribution in [3.63, 3.8) is 0 Å². The third-order valence-corrected chi connectivity index (χ3v) is 10.2. The number of esters is 1. The van der Waals surface area contributed by atoms with E-state index in [0.29, 0.717) is 48.4 Å². The Balaban J connectivity index is 1.51. The summed E-state index contributed by atoms with van der Waals surface area (Å²) in [4.78, 5) is 37.3. The SMILES string of the molecule is CCOC(=O)O[C@@H]1CC[C@]2(C)C3=CC(=O)[C@]4(C)[C@H]([C@H](C)CCC(=O)OC)CC[C@H]4[C@@H]3CC[C@@H]2C1. The van der Waals surface area contributed by atoms with Gasteiger partial charge in [0, 0.05) is 11.8 Å². The van der Waals surface area contributed by atoms with Crippen LogP contribution in [0.25, 0.3) is 0 Å². The lowest BCUT2D eigenvalue weighted by Gasteiger charge is -2.56. The average Bonchev–Trinajstić information content (AvgIpc) is 3.17. The molecule has 3 saturated carbocycles. The number of carbonyl (C=O) groups is 3. The van der Waals surface area contributed by atoms with Crippen molar-refractivity contribution in [2.75, 3.05) is 13.7 Å². The van der Waals surface area contributed by atoms with Gasteiger partial charge >= 0.3 is 12.1 Å². The number of ketones is 1. The number of rotatable bonds is 6. The summed E-state index contributed by atoms with van der Waals surface area (Å²) in [5.74, 6) is 2.03. The van der Waals surface area contributed by atoms with Crippen LogP contribution in [-0.4, -0.2) is 37.7 Å². The minimum atomic E-state index is -0.564. The summed E-state index contributed by atoms with van der Waals surface area (Å²) in [7, 11) is 1.43. The Morgan fingerprint density at radius 1 is 1.15 bits per heavy atom. The predicted octanol–water partition coefficient (Wildman–Crippen LogP) is 5.88. The van der Waals surface area contributed by atoms with E-state index in [1.807, 2.05) is 6.08 Å². The molecule has 190 valence electrons. The van der Waals surface area contributed by atoms with E-state index < -0.39 is 6.16 Å². The van der Waals surface area contributed by atoms with E-state index in [2.05, 4.69) is 20.8 Å². The van der Waals surface area contributed by atoms with Gasteiger partial charge in [-0.15, -0.1) is 0 Å². The van der Waals surface area contributed by atoms with Gasteiger partial charge in [-0.3, -0.25) is 9.59 Å². The number of hydrogen-bond acceptors (Lipinski definition) is 6. The molecule has 0 amide bonds. The molecule has 0 aromatic rings. The van der Waals surface area contributed by atoms with Gasteiger partial charge in [0.05, 0.1) is 13.7 Å². The van der Waals surface area contributed by atoms with Crippen LogP contribution in [0, 0.1) is 40.4 Å². The average molecular weight is 475 g/mol. The lowest BCUT2D eigenvalue weighted by Crippen LogP contribution is -2.52. The maximum absolute atomic E-state index is 13.8. The van der Waals surface area contributed by atoms with Crippen molar-refractivity contribution in [2.24, 2.45) is 40.4 Å². The molecule has 34 heavy (non-hydrogen) atoms. The largest absolute Gasteiger partial charge is 0.508 e. The predicted molar refractivity (Wildman–Crippen MR) is 128 cm³/mol. The number of carbonyl (C=O) groups excluding carboxylic acids is 3. The second-order valence-electron chi connectivity index (χ2n) is 11.6. The van der Waals surface area contributed by atoms with Crippen LogP contribution in [-0.2, 0) is 23.8 Å². The van der Waals surface area contributed by atoms with Crippen LogP contribution >= 0.6 is 0 Å². The van der Waals surface area contributed by atoms with Gasteiger partial charge in [-0.25, -0.2) is 4.79 Å². The molecule has 0 heterocycles. The third kappa shape index (κ3) is 4.19. The molecular weight excluding hydrogens is 432 g/mol. The summed E-state index contributed by atoms with van der Waals surface area (Å²) in [6.45, 7) is 8.87. The standard InChI is InChI=1S/C28H42O6/c1-6-33-26(31)34-19-13-14-27(3)18(15-19)8-9-20-22-11-10-21(17(2)7-12-25(30)32-5)28(22,4)24(29)16-23(20)27/h16-22H,6-15H2,1-5H3/t17-,18-,19-,20+,21+,22+,27+,28-/m1/s1. The number of fused-ring (bicyclic) bond motifs is 5. The highest BCUT2D eigenvalue weighted by molar-refractivity contribution is 5.97. The van der Waals surface area contributed by atoms with E-state index in [-0.39, 0.29) is 22.9 Å². The van der Waals surface area contributed by atoms with E-state index in [1.165, 1.54) is 12.7 Å². The molecule has 0 aromatic heterocycles. The molecule has 0 spiro atoms. The summed E-state index contributed by atoms with van der Waals surface area (Å²) >= 11 is 0.